The van der Waals surface area contributed by atoms with Crippen LogP contribution in [0.1, 0.15) is 46.0 Å². The van der Waals surface area contributed by atoms with Gasteiger partial charge in [-0.25, -0.2) is 4.79 Å². The number of unbranched alkanes of at least 4 members (excludes halogenated alkanes) is 2. The summed E-state index contributed by atoms with van der Waals surface area (Å²) in [7, 11) is 0. The highest BCUT2D eigenvalue weighted by atomic mass is 16.2. The number of amides is 4. The maximum Gasteiger partial charge on any atom is 0.330 e. The van der Waals surface area contributed by atoms with E-state index in [1.807, 2.05) is 0 Å². The highest BCUT2D eigenvalue weighted by Crippen LogP contribution is 2.32. The van der Waals surface area contributed by atoms with Crippen LogP contribution in [0.25, 0.3) is 0 Å². The highest BCUT2D eigenvalue weighted by molar-refractivity contribution is 6.19. The second-order valence-corrected chi connectivity index (χ2v) is 4.67. The van der Waals surface area contributed by atoms with Crippen LogP contribution in [0.15, 0.2) is 0 Å². The van der Waals surface area contributed by atoms with Gasteiger partial charge < -0.3 is 0 Å². The summed E-state index contributed by atoms with van der Waals surface area (Å²) in [5, 5.41) is 2.28. The van der Waals surface area contributed by atoms with E-state index in [9.17, 15) is 14.4 Å². The maximum absolute atomic E-state index is 12.4. The number of urea groups is 1. The molecule has 0 bridgehead atoms. The fourth-order valence-electron chi connectivity index (χ4n) is 2.31. The lowest BCUT2D eigenvalue weighted by atomic mass is 9.78. The molecule has 1 rings (SSSR count). The van der Waals surface area contributed by atoms with Crippen molar-refractivity contribution in [1.29, 1.82) is 0 Å². The maximum atomic E-state index is 12.4. The molecule has 0 unspecified atom stereocenters. The van der Waals surface area contributed by atoms with Crippen LogP contribution in [0.3, 0.4) is 0 Å². The van der Waals surface area contributed by atoms with Crippen molar-refractivity contribution >= 4 is 17.8 Å². The van der Waals surface area contributed by atoms with Gasteiger partial charge in [0, 0.05) is 13.0 Å². The normalized spacial score (nSPS) is 18.2. The smallest absolute Gasteiger partial charge is 0.277 e. The molecule has 5 heteroatoms. The van der Waals surface area contributed by atoms with Crippen LogP contribution in [0.4, 0.5) is 4.79 Å². The second kappa shape index (κ2) is 6.37. The molecule has 1 N–H and O–H groups in total. The Bertz CT molecular complexity index is 419. The molecule has 1 aliphatic heterocycles. The van der Waals surface area contributed by atoms with Crippen molar-refractivity contribution in [2.24, 2.45) is 5.41 Å². The summed E-state index contributed by atoms with van der Waals surface area (Å²) < 4.78 is 0. The van der Waals surface area contributed by atoms with E-state index in [0.717, 1.165) is 11.3 Å². The third kappa shape index (κ3) is 2.78. The van der Waals surface area contributed by atoms with Gasteiger partial charge in [0.05, 0.1) is 0 Å². The number of hydrogen-bond donors (Lipinski definition) is 1. The third-order valence-electron chi connectivity index (χ3n) is 3.71. The van der Waals surface area contributed by atoms with Crippen LogP contribution in [0, 0.1) is 17.8 Å². The first kappa shape index (κ1) is 15.2. The summed E-state index contributed by atoms with van der Waals surface area (Å²) in [4.78, 5) is 37.2. The summed E-state index contributed by atoms with van der Waals surface area (Å²) in [6.07, 6.45) is 7.97. The molecule has 0 aromatic heterocycles. The van der Waals surface area contributed by atoms with E-state index in [0.29, 0.717) is 32.2 Å². The molecule has 0 aromatic carbocycles. The Morgan fingerprint density at radius 2 is 1.84 bits per heavy atom. The summed E-state index contributed by atoms with van der Waals surface area (Å²) in [5.74, 6) is 1.65. The molecular formula is C14H20N2O3. The minimum absolute atomic E-state index is 0.307. The van der Waals surface area contributed by atoms with E-state index in [4.69, 9.17) is 6.42 Å². The molecule has 0 aliphatic carbocycles. The van der Waals surface area contributed by atoms with Crippen LogP contribution >= 0.6 is 0 Å². The first-order chi connectivity index (χ1) is 9.03. The lowest BCUT2D eigenvalue weighted by Crippen LogP contribution is -2.63. The predicted molar refractivity (Wildman–Crippen MR) is 71.0 cm³/mol. The minimum atomic E-state index is -1.10. The largest absolute Gasteiger partial charge is 0.330 e. The monoisotopic (exact) mass is 264 g/mol. The Morgan fingerprint density at radius 1 is 1.21 bits per heavy atom. The molecule has 0 aromatic rings. The van der Waals surface area contributed by atoms with Gasteiger partial charge in [-0.15, -0.1) is 12.3 Å². The Labute approximate surface area is 113 Å². The molecule has 0 saturated carbocycles. The Kier molecular flexibility index (Phi) is 5.11. The van der Waals surface area contributed by atoms with Gasteiger partial charge in [0.2, 0.25) is 11.8 Å². The molecule has 1 aliphatic rings. The van der Waals surface area contributed by atoms with E-state index >= 15 is 0 Å². The fraction of sp³-hybridized carbons (Fsp3) is 0.643. The van der Waals surface area contributed by atoms with Crippen molar-refractivity contribution in [2.75, 3.05) is 6.54 Å². The number of rotatable bonds is 6. The third-order valence-corrected chi connectivity index (χ3v) is 3.71. The van der Waals surface area contributed by atoms with Gasteiger partial charge in [-0.05, 0) is 25.7 Å². The van der Waals surface area contributed by atoms with Crippen molar-refractivity contribution < 1.29 is 14.4 Å². The number of nitrogens with one attached hydrogen (secondary N) is 1. The molecule has 5 nitrogen and oxygen atoms in total. The van der Waals surface area contributed by atoms with E-state index in [1.54, 1.807) is 13.8 Å². The van der Waals surface area contributed by atoms with E-state index < -0.39 is 17.4 Å². The van der Waals surface area contributed by atoms with Crippen LogP contribution in [0.2, 0.25) is 0 Å². The summed E-state index contributed by atoms with van der Waals surface area (Å²) in [6, 6.07) is -0.617. The van der Waals surface area contributed by atoms with Crippen molar-refractivity contribution in [1.82, 2.24) is 10.2 Å². The van der Waals surface area contributed by atoms with Crippen molar-refractivity contribution in [2.45, 2.75) is 46.0 Å². The molecule has 1 heterocycles. The zero-order valence-electron chi connectivity index (χ0n) is 11.5. The lowest BCUT2D eigenvalue weighted by molar-refractivity contribution is -0.152. The quantitative estimate of drug-likeness (QED) is 0.451. The molecule has 0 spiro atoms. The van der Waals surface area contributed by atoms with E-state index in [-0.39, 0.29) is 5.91 Å². The number of imide groups is 2. The van der Waals surface area contributed by atoms with Crippen molar-refractivity contribution in [3.05, 3.63) is 0 Å². The van der Waals surface area contributed by atoms with Gasteiger partial charge in [-0.3, -0.25) is 19.8 Å². The second-order valence-electron chi connectivity index (χ2n) is 4.67. The first-order valence-electron chi connectivity index (χ1n) is 6.64. The molecular weight excluding hydrogens is 244 g/mol. The molecule has 19 heavy (non-hydrogen) atoms. The number of carbonyl (C=O) groups excluding carboxylic acids is 3. The average molecular weight is 264 g/mol. The minimum Gasteiger partial charge on any atom is -0.277 e. The zero-order chi connectivity index (χ0) is 14.5. The van der Waals surface area contributed by atoms with Crippen LogP contribution in [-0.2, 0) is 9.59 Å². The van der Waals surface area contributed by atoms with Crippen LogP contribution < -0.4 is 5.32 Å². The van der Waals surface area contributed by atoms with E-state index in [2.05, 4.69) is 11.2 Å². The Balaban J connectivity index is 2.81. The van der Waals surface area contributed by atoms with Crippen molar-refractivity contribution in [3.63, 3.8) is 0 Å². The molecule has 1 fully saturated rings. The van der Waals surface area contributed by atoms with Crippen LogP contribution in [0.5, 0.6) is 0 Å². The Hall–Kier alpha value is -1.83. The summed E-state index contributed by atoms with van der Waals surface area (Å²) in [6.45, 7) is 3.88. The number of terminal acetylenes is 1. The van der Waals surface area contributed by atoms with Crippen molar-refractivity contribution in [3.8, 4) is 12.3 Å². The molecule has 1 saturated heterocycles. The first-order valence-corrected chi connectivity index (χ1v) is 6.64. The fourth-order valence-corrected chi connectivity index (χ4v) is 2.31. The average Bonchev–Trinajstić information content (AvgIpc) is 2.39. The van der Waals surface area contributed by atoms with Gasteiger partial charge >= 0.3 is 6.03 Å². The van der Waals surface area contributed by atoms with Gasteiger partial charge in [-0.2, -0.15) is 0 Å². The predicted octanol–water partition coefficient (Wildman–Crippen LogP) is 1.67. The SMILES string of the molecule is C#CCCCCN1C(=O)NC(=O)C(CC)(CC)C1=O. The molecule has 0 atom stereocenters. The lowest BCUT2D eigenvalue weighted by Gasteiger charge is -2.38. The number of hydrogen-bond acceptors (Lipinski definition) is 3. The van der Waals surface area contributed by atoms with Gasteiger partial charge in [0.15, 0.2) is 0 Å². The number of nitrogens with zero attached hydrogens (tertiary/aromatic N) is 1. The summed E-state index contributed by atoms with van der Waals surface area (Å²) >= 11 is 0. The zero-order valence-corrected chi connectivity index (χ0v) is 11.5. The van der Waals surface area contributed by atoms with E-state index in [1.165, 1.54) is 0 Å². The highest BCUT2D eigenvalue weighted by Gasteiger charge is 2.51. The summed E-state index contributed by atoms with van der Waals surface area (Å²) in [5.41, 5.74) is -1.10. The number of barbiturate groups is 1. The molecule has 4 amide bonds. The molecule has 104 valence electrons. The topological polar surface area (TPSA) is 66.5 Å². The number of carbonyl (C=O) groups is 3. The van der Waals surface area contributed by atoms with Crippen LogP contribution in [-0.4, -0.2) is 29.3 Å². The van der Waals surface area contributed by atoms with Gasteiger partial charge in [0.1, 0.15) is 5.41 Å². The van der Waals surface area contributed by atoms with Gasteiger partial charge in [0.25, 0.3) is 0 Å². The molecule has 0 radical (unpaired) electrons. The van der Waals surface area contributed by atoms with Gasteiger partial charge in [-0.1, -0.05) is 13.8 Å². The Morgan fingerprint density at radius 3 is 2.37 bits per heavy atom. The standard InChI is InChI=1S/C14H20N2O3/c1-4-7-8-9-10-16-12(18)14(5-2,6-3)11(17)15-13(16)19/h1H,5-10H2,2-3H3,(H,15,17,19).